The zero-order valence-corrected chi connectivity index (χ0v) is 16.7. The van der Waals surface area contributed by atoms with Gasteiger partial charge in [-0.15, -0.1) is 0 Å². The largest absolute Gasteiger partial charge is 0.444 e. The van der Waals surface area contributed by atoms with Crippen LogP contribution in [0.3, 0.4) is 0 Å². The Kier molecular flexibility index (Phi) is 5.60. The molecule has 0 saturated carbocycles. The lowest BCUT2D eigenvalue weighted by Crippen LogP contribution is -2.63. The Morgan fingerprint density at radius 2 is 1.89 bits per heavy atom. The van der Waals surface area contributed by atoms with Crippen molar-refractivity contribution >= 4 is 16.1 Å². The van der Waals surface area contributed by atoms with E-state index >= 15 is 0 Å². The van der Waals surface area contributed by atoms with Gasteiger partial charge in [-0.05, 0) is 32.4 Å². The first-order valence-corrected chi connectivity index (χ1v) is 10.5. The summed E-state index contributed by atoms with van der Waals surface area (Å²) >= 11 is 0. The first-order chi connectivity index (χ1) is 12.7. The number of hydrogen-bond donors (Lipinski definition) is 0. The highest BCUT2D eigenvalue weighted by molar-refractivity contribution is 7.92. The Bertz CT molecular complexity index is 801. The van der Waals surface area contributed by atoms with Crippen molar-refractivity contribution in [2.75, 3.05) is 19.7 Å². The lowest BCUT2D eigenvalue weighted by Gasteiger charge is -2.46. The molecule has 0 N–H and O–H groups in total. The zero-order valence-electron chi connectivity index (χ0n) is 15.9. The topological polar surface area (TPSA) is 76.2 Å². The number of piperazine rings is 1. The predicted molar refractivity (Wildman–Crippen MR) is 101 cm³/mol. The van der Waals surface area contributed by atoms with Gasteiger partial charge < -0.3 is 9.47 Å². The second-order valence-corrected chi connectivity index (χ2v) is 9.57. The fraction of sp³-hybridized carbons (Fsp3) is 0.526. The van der Waals surface area contributed by atoms with Crippen LogP contribution in [-0.2, 0) is 26.1 Å². The summed E-state index contributed by atoms with van der Waals surface area (Å²) in [6.45, 7) is 6.47. The molecular weight excluding hydrogens is 368 g/mol. The summed E-state index contributed by atoms with van der Waals surface area (Å²) in [5.74, 6) is 0. The van der Waals surface area contributed by atoms with Gasteiger partial charge in [0.2, 0.25) is 10.0 Å². The molecule has 0 radical (unpaired) electrons. The summed E-state index contributed by atoms with van der Waals surface area (Å²) in [7, 11) is -3.49. The van der Waals surface area contributed by atoms with E-state index in [4.69, 9.17) is 9.47 Å². The van der Waals surface area contributed by atoms with Crippen molar-refractivity contribution in [2.45, 2.75) is 45.1 Å². The number of carbonyl (C=O) groups is 1. The third-order valence-electron chi connectivity index (χ3n) is 4.43. The molecule has 0 aromatic heterocycles. The molecule has 2 bridgehead atoms. The van der Waals surface area contributed by atoms with E-state index in [9.17, 15) is 13.2 Å². The van der Waals surface area contributed by atoms with Gasteiger partial charge in [0.05, 0.1) is 25.3 Å². The maximum Gasteiger partial charge on any atom is 0.410 e. The van der Waals surface area contributed by atoms with Crippen LogP contribution >= 0.6 is 0 Å². The summed E-state index contributed by atoms with van der Waals surface area (Å²) in [4.78, 5) is 14.2. The standard InChI is InChI=1S/C19H26N2O5S/c1-19(2,3)26-18(22)20-11-17(14-25-13-15-7-5-4-6-8-15)21-12-16(20)9-10-27(21,23)24/h4-10,16-17H,11-14H2,1-3H3/t16-,17-/m1/s1. The Morgan fingerprint density at radius 1 is 1.19 bits per heavy atom. The molecule has 1 fully saturated rings. The second-order valence-electron chi connectivity index (χ2n) is 7.80. The highest BCUT2D eigenvalue weighted by Crippen LogP contribution is 2.27. The number of nitrogens with zero attached hydrogens (tertiary/aromatic N) is 2. The molecule has 2 aliphatic heterocycles. The quantitative estimate of drug-likeness (QED) is 0.784. The molecule has 1 aromatic rings. The Hall–Kier alpha value is -1.90. The molecule has 0 spiro atoms. The first-order valence-electron chi connectivity index (χ1n) is 8.97. The van der Waals surface area contributed by atoms with Gasteiger partial charge in [-0.2, -0.15) is 4.31 Å². The minimum absolute atomic E-state index is 0.202. The van der Waals surface area contributed by atoms with E-state index < -0.39 is 27.8 Å². The van der Waals surface area contributed by atoms with Crippen LogP contribution in [0.25, 0.3) is 0 Å². The van der Waals surface area contributed by atoms with Crippen LogP contribution in [-0.4, -0.2) is 61.1 Å². The maximum absolute atomic E-state index is 12.6. The molecule has 3 rings (SSSR count). The Labute approximate surface area is 160 Å². The van der Waals surface area contributed by atoms with Crippen LogP contribution < -0.4 is 0 Å². The van der Waals surface area contributed by atoms with Crippen LogP contribution in [0.15, 0.2) is 41.8 Å². The Morgan fingerprint density at radius 3 is 2.56 bits per heavy atom. The van der Waals surface area contributed by atoms with Gasteiger partial charge in [-0.3, -0.25) is 4.90 Å². The maximum atomic E-state index is 12.6. The molecule has 27 heavy (non-hydrogen) atoms. The third kappa shape index (κ3) is 4.88. The lowest BCUT2D eigenvalue weighted by molar-refractivity contribution is -0.0102. The molecule has 1 unspecified atom stereocenters. The van der Waals surface area contributed by atoms with Crippen molar-refractivity contribution in [3.05, 3.63) is 47.4 Å². The fourth-order valence-corrected chi connectivity index (χ4v) is 4.62. The normalized spacial score (nSPS) is 26.6. The van der Waals surface area contributed by atoms with Crippen LogP contribution in [0.5, 0.6) is 0 Å². The average Bonchev–Trinajstić information content (AvgIpc) is 2.59. The van der Waals surface area contributed by atoms with Gasteiger partial charge in [0, 0.05) is 18.5 Å². The Balaban J connectivity index is 1.71. The molecular formula is C19H26N2O5S. The molecule has 148 valence electrons. The number of sulfonamides is 1. The summed E-state index contributed by atoms with van der Waals surface area (Å²) in [6.07, 6.45) is 1.11. The minimum atomic E-state index is -3.49. The van der Waals surface area contributed by atoms with E-state index in [2.05, 4.69) is 0 Å². The van der Waals surface area contributed by atoms with Gasteiger partial charge in [-0.1, -0.05) is 30.3 Å². The van der Waals surface area contributed by atoms with E-state index in [1.165, 1.54) is 9.71 Å². The fourth-order valence-electron chi connectivity index (χ4n) is 3.18. The second kappa shape index (κ2) is 7.61. The molecule has 2 aliphatic rings. The number of benzene rings is 1. The molecule has 1 amide bonds. The van der Waals surface area contributed by atoms with Crippen molar-refractivity contribution in [2.24, 2.45) is 0 Å². The van der Waals surface area contributed by atoms with Crippen molar-refractivity contribution in [3.63, 3.8) is 0 Å². The number of ether oxygens (including phenoxy) is 2. The predicted octanol–water partition coefficient (Wildman–Crippen LogP) is 2.35. The highest BCUT2D eigenvalue weighted by atomic mass is 32.2. The van der Waals surface area contributed by atoms with Gasteiger partial charge in [0.15, 0.2) is 0 Å². The van der Waals surface area contributed by atoms with E-state index in [0.29, 0.717) is 6.61 Å². The minimum Gasteiger partial charge on any atom is -0.444 e. The number of hydrogen-bond acceptors (Lipinski definition) is 5. The lowest BCUT2D eigenvalue weighted by atomic mass is 10.1. The smallest absolute Gasteiger partial charge is 0.410 e. The van der Waals surface area contributed by atoms with E-state index in [1.807, 2.05) is 51.1 Å². The van der Waals surface area contributed by atoms with Gasteiger partial charge >= 0.3 is 6.09 Å². The van der Waals surface area contributed by atoms with Crippen molar-refractivity contribution in [3.8, 4) is 0 Å². The van der Waals surface area contributed by atoms with E-state index in [1.54, 1.807) is 11.0 Å². The molecule has 7 nitrogen and oxygen atoms in total. The highest BCUT2D eigenvalue weighted by Gasteiger charge is 2.44. The van der Waals surface area contributed by atoms with Crippen molar-refractivity contribution in [1.29, 1.82) is 0 Å². The summed E-state index contributed by atoms with van der Waals surface area (Å²) in [5, 5.41) is 1.17. The van der Waals surface area contributed by atoms with Gasteiger partial charge in [0.1, 0.15) is 5.60 Å². The summed E-state index contributed by atoms with van der Waals surface area (Å²) in [6, 6.07) is 8.90. The van der Waals surface area contributed by atoms with E-state index in [0.717, 1.165) is 5.56 Å². The molecule has 8 heteroatoms. The SMILES string of the molecule is CC(C)(C)OC(=O)N1C[C@H](COCc2ccccc2)N2C[C@H]1C=CS2(=O)=O. The zero-order chi connectivity index (χ0) is 19.7. The van der Waals surface area contributed by atoms with Gasteiger partial charge in [0.25, 0.3) is 0 Å². The van der Waals surface area contributed by atoms with Crippen molar-refractivity contribution in [1.82, 2.24) is 9.21 Å². The van der Waals surface area contributed by atoms with Gasteiger partial charge in [-0.25, -0.2) is 13.2 Å². The van der Waals surface area contributed by atoms with Crippen LogP contribution in [0, 0.1) is 0 Å². The first kappa shape index (κ1) is 19.9. The monoisotopic (exact) mass is 394 g/mol. The number of carbonyl (C=O) groups excluding carboxylic acids is 1. The molecule has 0 aliphatic carbocycles. The van der Waals surface area contributed by atoms with Crippen LogP contribution in [0.4, 0.5) is 4.79 Å². The third-order valence-corrected chi connectivity index (χ3v) is 6.03. The average molecular weight is 394 g/mol. The number of amides is 1. The molecule has 2 heterocycles. The number of rotatable bonds is 4. The summed E-state index contributed by atoms with van der Waals surface area (Å²) in [5.41, 5.74) is 0.398. The molecule has 3 atom stereocenters. The molecule has 1 saturated heterocycles. The summed E-state index contributed by atoms with van der Waals surface area (Å²) < 4.78 is 37.5. The van der Waals surface area contributed by atoms with Crippen LogP contribution in [0.2, 0.25) is 0 Å². The van der Waals surface area contributed by atoms with E-state index in [-0.39, 0.29) is 25.7 Å². The number of fused-ring (bicyclic) bond motifs is 2. The van der Waals surface area contributed by atoms with Crippen LogP contribution in [0.1, 0.15) is 26.3 Å². The molecule has 1 aromatic carbocycles. The van der Waals surface area contributed by atoms with Crippen molar-refractivity contribution < 1.29 is 22.7 Å².